The average Bonchev–Trinajstić information content (AvgIpc) is 2.77. The topological polar surface area (TPSA) is 66.4 Å². The van der Waals surface area contributed by atoms with Crippen LogP contribution < -0.4 is 5.32 Å². The largest absolute Gasteiger partial charge is 0.480 e. The summed E-state index contributed by atoms with van der Waals surface area (Å²) in [4.78, 5) is 22.7. The van der Waals surface area contributed by atoms with Crippen molar-refractivity contribution in [3.63, 3.8) is 0 Å². The van der Waals surface area contributed by atoms with Crippen LogP contribution in [0.1, 0.15) is 30.6 Å². The Morgan fingerprint density at radius 3 is 2.69 bits per heavy atom. The zero-order valence-electron chi connectivity index (χ0n) is 9.27. The van der Waals surface area contributed by atoms with Crippen LogP contribution in [-0.4, -0.2) is 23.0 Å². The maximum Gasteiger partial charge on any atom is 0.326 e. The minimum absolute atomic E-state index is 0.0833. The van der Waals surface area contributed by atoms with Gasteiger partial charge in [-0.25, -0.2) is 4.79 Å². The summed E-state index contributed by atoms with van der Waals surface area (Å²) >= 11 is 1.41. The Morgan fingerprint density at radius 1 is 1.56 bits per heavy atom. The molecule has 0 saturated carbocycles. The molecule has 1 unspecified atom stereocenters. The number of carbonyl (C=O) groups excluding carboxylic acids is 1. The number of thiophene rings is 1. The van der Waals surface area contributed by atoms with E-state index in [1.807, 2.05) is 13.8 Å². The van der Waals surface area contributed by atoms with Gasteiger partial charge in [-0.05, 0) is 17.4 Å². The Balaban J connectivity index is 2.69. The van der Waals surface area contributed by atoms with Crippen LogP contribution in [0.15, 0.2) is 16.8 Å². The molecule has 1 aromatic heterocycles. The molecule has 0 saturated heterocycles. The molecule has 1 rings (SSSR count). The highest BCUT2D eigenvalue weighted by Crippen LogP contribution is 2.11. The molecule has 1 heterocycles. The smallest absolute Gasteiger partial charge is 0.326 e. The van der Waals surface area contributed by atoms with Gasteiger partial charge in [-0.2, -0.15) is 11.3 Å². The lowest BCUT2D eigenvalue weighted by Crippen LogP contribution is -2.44. The van der Waals surface area contributed by atoms with Crippen molar-refractivity contribution in [2.24, 2.45) is 5.92 Å². The SMILES string of the molecule is CCC(C)[C@H](NC(=O)c1ccsc1)C(=O)O. The highest BCUT2D eigenvalue weighted by Gasteiger charge is 2.25. The summed E-state index contributed by atoms with van der Waals surface area (Å²) in [5.74, 6) is -1.40. The zero-order valence-corrected chi connectivity index (χ0v) is 10.1. The summed E-state index contributed by atoms with van der Waals surface area (Å²) in [7, 11) is 0. The first-order valence-electron chi connectivity index (χ1n) is 5.12. The van der Waals surface area contributed by atoms with Crippen molar-refractivity contribution in [3.8, 4) is 0 Å². The quantitative estimate of drug-likeness (QED) is 0.828. The van der Waals surface area contributed by atoms with Gasteiger partial charge in [0.15, 0.2) is 0 Å². The van der Waals surface area contributed by atoms with Crippen LogP contribution in [-0.2, 0) is 4.79 Å². The summed E-state index contributed by atoms with van der Waals surface area (Å²) in [6.07, 6.45) is 0.709. The Labute approximate surface area is 98.3 Å². The summed E-state index contributed by atoms with van der Waals surface area (Å²) in [5.41, 5.74) is 0.513. The molecule has 5 heteroatoms. The zero-order chi connectivity index (χ0) is 12.1. The van der Waals surface area contributed by atoms with Crippen molar-refractivity contribution in [2.75, 3.05) is 0 Å². The Kier molecular flexibility index (Phi) is 4.49. The van der Waals surface area contributed by atoms with E-state index >= 15 is 0 Å². The minimum Gasteiger partial charge on any atom is -0.480 e. The van der Waals surface area contributed by atoms with Crippen LogP contribution in [0.5, 0.6) is 0 Å². The van der Waals surface area contributed by atoms with Gasteiger partial charge in [-0.15, -0.1) is 0 Å². The molecule has 0 bridgehead atoms. The van der Waals surface area contributed by atoms with Gasteiger partial charge in [0.2, 0.25) is 0 Å². The summed E-state index contributed by atoms with van der Waals surface area (Å²) in [5, 5.41) is 15.0. The van der Waals surface area contributed by atoms with Crippen LogP contribution in [0.2, 0.25) is 0 Å². The first-order chi connectivity index (χ1) is 7.56. The molecule has 1 aromatic rings. The third-order valence-electron chi connectivity index (χ3n) is 2.55. The molecule has 0 aromatic carbocycles. The predicted octanol–water partition coefficient (Wildman–Crippen LogP) is 1.98. The normalized spacial score (nSPS) is 14.1. The third kappa shape index (κ3) is 3.06. The maximum atomic E-state index is 11.7. The van der Waals surface area contributed by atoms with Crippen molar-refractivity contribution in [3.05, 3.63) is 22.4 Å². The van der Waals surface area contributed by atoms with Gasteiger partial charge < -0.3 is 10.4 Å². The monoisotopic (exact) mass is 241 g/mol. The molecule has 0 spiro atoms. The predicted molar refractivity (Wildman–Crippen MR) is 62.7 cm³/mol. The van der Waals surface area contributed by atoms with Gasteiger partial charge in [0.25, 0.3) is 5.91 Å². The minimum atomic E-state index is -0.988. The van der Waals surface area contributed by atoms with Gasteiger partial charge >= 0.3 is 5.97 Å². The van der Waals surface area contributed by atoms with E-state index in [4.69, 9.17) is 5.11 Å². The number of amides is 1. The molecule has 4 nitrogen and oxygen atoms in total. The lowest BCUT2D eigenvalue weighted by Gasteiger charge is -2.19. The average molecular weight is 241 g/mol. The fourth-order valence-corrected chi connectivity index (χ4v) is 1.94. The molecule has 88 valence electrons. The standard InChI is InChI=1S/C11H15NO3S/c1-3-7(2)9(11(14)15)12-10(13)8-4-5-16-6-8/h4-7,9H,3H2,1-2H3,(H,12,13)(H,14,15)/t7?,9-/m0/s1. The summed E-state index contributed by atoms with van der Waals surface area (Å²) in [6, 6.07) is 0.854. The van der Waals surface area contributed by atoms with Crippen LogP contribution in [0.3, 0.4) is 0 Å². The van der Waals surface area contributed by atoms with E-state index in [9.17, 15) is 9.59 Å². The van der Waals surface area contributed by atoms with Crippen molar-refractivity contribution >= 4 is 23.2 Å². The molecule has 1 amide bonds. The number of hydrogen-bond acceptors (Lipinski definition) is 3. The second kappa shape index (κ2) is 5.65. The molecule has 0 aliphatic rings. The molecule has 0 fully saturated rings. The van der Waals surface area contributed by atoms with Crippen LogP contribution in [0.25, 0.3) is 0 Å². The van der Waals surface area contributed by atoms with E-state index in [0.29, 0.717) is 12.0 Å². The van der Waals surface area contributed by atoms with E-state index in [1.54, 1.807) is 16.8 Å². The van der Waals surface area contributed by atoms with E-state index in [-0.39, 0.29) is 11.8 Å². The fourth-order valence-electron chi connectivity index (χ4n) is 1.30. The summed E-state index contributed by atoms with van der Waals surface area (Å²) < 4.78 is 0. The second-order valence-corrected chi connectivity index (χ2v) is 4.47. The highest BCUT2D eigenvalue weighted by atomic mass is 32.1. The van der Waals surface area contributed by atoms with Crippen molar-refractivity contribution in [2.45, 2.75) is 26.3 Å². The van der Waals surface area contributed by atoms with Crippen LogP contribution in [0.4, 0.5) is 0 Å². The third-order valence-corrected chi connectivity index (χ3v) is 3.23. The number of aliphatic carboxylic acids is 1. The number of carboxylic acid groups (broad SMARTS) is 1. The molecule has 2 atom stereocenters. The molecule has 0 aliphatic carbocycles. The van der Waals surface area contributed by atoms with Gasteiger partial charge in [0.05, 0.1) is 5.56 Å². The summed E-state index contributed by atoms with van der Waals surface area (Å²) in [6.45, 7) is 3.71. The molecule has 0 aliphatic heterocycles. The van der Waals surface area contributed by atoms with E-state index in [0.717, 1.165) is 0 Å². The van der Waals surface area contributed by atoms with Crippen molar-refractivity contribution in [1.82, 2.24) is 5.32 Å². The molecule has 16 heavy (non-hydrogen) atoms. The molecular weight excluding hydrogens is 226 g/mol. The Bertz CT molecular complexity index is 361. The second-order valence-electron chi connectivity index (χ2n) is 3.69. The van der Waals surface area contributed by atoms with E-state index in [2.05, 4.69) is 5.32 Å². The number of hydrogen-bond donors (Lipinski definition) is 2. The first kappa shape index (κ1) is 12.7. The van der Waals surface area contributed by atoms with Gasteiger partial charge in [0.1, 0.15) is 6.04 Å². The molecular formula is C11H15NO3S. The van der Waals surface area contributed by atoms with Crippen molar-refractivity contribution in [1.29, 1.82) is 0 Å². The van der Waals surface area contributed by atoms with Gasteiger partial charge in [-0.3, -0.25) is 4.79 Å². The van der Waals surface area contributed by atoms with E-state index in [1.165, 1.54) is 11.3 Å². The molecule has 2 N–H and O–H groups in total. The fraction of sp³-hybridized carbons (Fsp3) is 0.455. The number of carboxylic acids is 1. The van der Waals surface area contributed by atoms with Crippen LogP contribution >= 0.6 is 11.3 Å². The van der Waals surface area contributed by atoms with Gasteiger partial charge in [-0.1, -0.05) is 20.3 Å². The lowest BCUT2D eigenvalue weighted by atomic mass is 9.99. The van der Waals surface area contributed by atoms with Gasteiger partial charge in [0, 0.05) is 5.38 Å². The molecule has 0 radical (unpaired) electrons. The Hall–Kier alpha value is -1.36. The number of carbonyl (C=O) groups is 2. The van der Waals surface area contributed by atoms with E-state index < -0.39 is 12.0 Å². The first-order valence-corrected chi connectivity index (χ1v) is 6.06. The maximum absolute atomic E-state index is 11.7. The lowest BCUT2D eigenvalue weighted by molar-refractivity contribution is -0.140. The number of rotatable bonds is 5. The van der Waals surface area contributed by atoms with Crippen LogP contribution in [0, 0.1) is 5.92 Å². The highest BCUT2D eigenvalue weighted by molar-refractivity contribution is 7.08. The number of nitrogens with one attached hydrogen (secondary N) is 1. The Morgan fingerprint density at radius 2 is 2.25 bits per heavy atom. The van der Waals surface area contributed by atoms with Crippen molar-refractivity contribution < 1.29 is 14.7 Å².